The molecule has 0 saturated heterocycles. The minimum Gasteiger partial charge on any atom is -0.485 e. The first-order valence-electron chi connectivity index (χ1n) is 13.6. The van der Waals surface area contributed by atoms with Crippen LogP contribution < -0.4 is 10.1 Å². The fraction of sp³-hybridized carbons (Fsp3) is 0.188. The molecule has 0 aliphatic carbocycles. The van der Waals surface area contributed by atoms with E-state index in [1.54, 1.807) is 0 Å². The number of furan rings is 1. The summed E-state index contributed by atoms with van der Waals surface area (Å²) in [6, 6.07) is 25.5. The van der Waals surface area contributed by atoms with Gasteiger partial charge in [0.1, 0.15) is 17.1 Å². The zero-order chi connectivity index (χ0) is 28.2. The van der Waals surface area contributed by atoms with Crippen molar-refractivity contribution in [3.8, 4) is 16.9 Å². The number of H-pyrrole nitrogens is 1. The normalized spacial score (nSPS) is 11.3. The number of para-hydroxylation sites is 1. The summed E-state index contributed by atoms with van der Waals surface area (Å²) in [5, 5.41) is 20.6. The molecular weight excluding hydrogens is 538 g/mol. The Morgan fingerprint density at radius 3 is 2.68 bits per heavy atom. The van der Waals surface area contributed by atoms with Gasteiger partial charge in [0, 0.05) is 28.9 Å². The number of carbonyl (C=O) groups is 1. The van der Waals surface area contributed by atoms with Gasteiger partial charge >= 0.3 is 0 Å². The van der Waals surface area contributed by atoms with Gasteiger partial charge in [-0.15, -0.1) is 10.2 Å². The van der Waals surface area contributed by atoms with Crippen LogP contribution in [0.4, 0.5) is 0 Å². The van der Waals surface area contributed by atoms with Crippen molar-refractivity contribution in [1.82, 2.24) is 25.9 Å². The molecule has 2 N–H and O–H groups in total. The van der Waals surface area contributed by atoms with E-state index in [0.717, 1.165) is 63.5 Å². The molecule has 4 aromatic carbocycles. The van der Waals surface area contributed by atoms with Gasteiger partial charge in [0.15, 0.2) is 6.61 Å². The lowest BCUT2D eigenvalue weighted by atomic mass is 9.96. The van der Waals surface area contributed by atoms with E-state index in [2.05, 4.69) is 45.0 Å². The van der Waals surface area contributed by atoms with E-state index >= 15 is 0 Å². The molecule has 0 aliphatic rings. The van der Waals surface area contributed by atoms with E-state index in [1.807, 2.05) is 66.7 Å². The average molecular weight is 566 g/mol. The van der Waals surface area contributed by atoms with Crippen molar-refractivity contribution < 1.29 is 13.9 Å². The first-order chi connectivity index (χ1) is 20.1. The third-order valence-electron chi connectivity index (χ3n) is 7.03. The maximum Gasteiger partial charge on any atom is 0.255 e. The standard InChI is InChI=1S/C32H28ClN5O3/c1-2-3-7-28-31(25-6-4-5-8-26(25)41-28)32(39)34-18-20-9-15-24-22(17-20)12-16-27(40-19-29-35-37-38-36-29)30(24)21-10-13-23(33)14-11-21/h4-6,8-17H,2-3,7,18-19H2,1H3,(H,34,39)(H,35,36,37,38). The number of rotatable bonds is 10. The van der Waals surface area contributed by atoms with Crippen LogP contribution in [0.1, 0.15) is 47.3 Å². The number of aromatic nitrogens is 4. The number of halogens is 1. The lowest BCUT2D eigenvalue weighted by Gasteiger charge is -2.15. The molecule has 6 aromatic rings. The zero-order valence-corrected chi connectivity index (χ0v) is 23.2. The second kappa shape index (κ2) is 11.8. The van der Waals surface area contributed by atoms with Crippen LogP contribution in [0.3, 0.4) is 0 Å². The molecule has 0 aliphatic heterocycles. The maximum absolute atomic E-state index is 13.4. The second-order valence-corrected chi connectivity index (χ2v) is 10.2. The van der Waals surface area contributed by atoms with E-state index in [1.165, 1.54) is 0 Å². The van der Waals surface area contributed by atoms with Gasteiger partial charge < -0.3 is 14.5 Å². The number of tetrazole rings is 1. The second-order valence-electron chi connectivity index (χ2n) is 9.80. The molecule has 2 heterocycles. The summed E-state index contributed by atoms with van der Waals surface area (Å²) < 4.78 is 12.2. The van der Waals surface area contributed by atoms with Crippen LogP contribution in [-0.4, -0.2) is 26.5 Å². The highest BCUT2D eigenvalue weighted by Crippen LogP contribution is 2.38. The van der Waals surface area contributed by atoms with Gasteiger partial charge in [0.05, 0.1) is 5.56 Å². The van der Waals surface area contributed by atoms with Crippen LogP contribution >= 0.6 is 11.6 Å². The molecule has 0 spiro atoms. The minimum absolute atomic E-state index is 0.131. The molecule has 0 radical (unpaired) electrons. The number of fused-ring (bicyclic) bond motifs is 2. The van der Waals surface area contributed by atoms with Crippen molar-refractivity contribution in [2.24, 2.45) is 0 Å². The minimum atomic E-state index is -0.131. The van der Waals surface area contributed by atoms with E-state index in [4.69, 9.17) is 20.8 Å². The molecule has 0 bridgehead atoms. The quantitative estimate of drug-likeness (QED) is 0.181. The fourth-order valence-electron chi connectivity index (χ4n) is 5.02. The van der Waals surface area contributed by atoms with Crippen molar-refractivity contribution in [1.29, 1.82) is 0 Å². The summed E-state index contributed by atoms with van der Waals surface area (Å²) in [5.41, 5.74) is 4.25. The molecule has 9 heteroatoms. The summed E-state index contributed by atoms with van der Waals surface area (Å²) in [5.74, 6) is 1.76. The average Bonchev–Trinajstić information content (AvgIpc) is 3.66. The SMILES string of the molecule is CCCCc1oc2ccccc2c1C(=O)NCc1ccc2c(-c3ccc(Cl)cc3)c(OCc3nn[nH]n3)ccc2c1. The largest absolute Gasteiger partial charge is 0.485 e. The van der Waals surface area contributed by atoms with Crippen LogP contribution in [0.15, 0.2) is 83.3 Å². The molecule has 0 unspecified atom stereocenters. The number of nitrogens with zero attached hydrogens (tertiary/aromatic N) is 3. The van der Waals surface area contributed by atoms with Crippen molar-refractivity contribution >= 4 is 39.2 Å². The Labute approximate surface area is 241 Å². The molecule has 6 rings (SSSR count). The van der Waals surface area contributed by atoms with Crippen molar-refractivity contribution in [2.45, 2.75) is 39.3 Å². The number of hydrogen-bond acceptors (Lipinski definition) is 6. The highest BCUT2D eigenvalue weighted by atomic mass is 35.5. The Morgan fingerprint density at radius 2 is 1.88 bits per heavy atom. The molecule has 8 nitrogen and oxygen atoms in total. The highest BCUT2D eigenvalue weighted by Gasteiger charge is 2.20. The number of carbonyl (C=O) groups excluding carboxylic acids is 1. The topological polar surface area (TPSA) is 106 Å². The molecule has 0 atom stereocenters. The van der Waals surface area contributed by atoms with Gasteiger partial charge in [-0.2, -0.15) is 5.21 Å². The van der Waals surface area contributed by atoms with Gasteiger partial charge in [-0.1, -0.05) is 78.7 Å². The Morgan fingerprint density at radius 1 is 1.02 bits per heavy atom. The van der Waals surface area contributed by atoms with Crippen LogP contribution in [0.25, 0.3) is 32.9 Å². The number of benzene rings is 4. The van der Waals surface area contributed by atoms with Gasteiger partial charge in [-0.25, -0.2) is 0 Å². The van der Waals surface area contributed by atoms with Crippen LogP contribution in [0, 0.1) is 0 Å². The predicted octanol–water partition coefficient (Wildman–Crippen LogP) is 7.27. The molecule has 206 valence electrons. The van der Waals surface area contributed by atoms with E-state index in [-0.39, 0.29) is 12.5 Å². The Hall–Kier alpha value is -4.69. The number of unbranched alkanes of at least 4 members (excludes halogenated alkanes) is 1. The summed E-state index contributed by atoms with van der Waals surface area (Å²) in [7, 11) is 0. The molecule has 41 heavy (non-hydrogen) atoms. The number of amides is 1. The molecule has 1 amide bonds. The summed E-state index contributed by atoms with van der Waals surface area (Å²) in [4.78, 5) is 13.4. The molecule has 2 aromatic heterocycles. The Bertz CT molecular complexity index is 1810. The number of aromatic amines is 1. The third-order valence-corrected chi connectivity index (χ3v) is 7.28. The van der Waals surface area contributed by atoms with Crippen molar-refractivity contribution in [3.63, 3.8) is 0 Å². The van der Waals surface area contributed by atoms with Gasteiger partial charge in [-0.3, -0.25) is 4.79 Å². The van der Waals surface area contributed by atoms with Gasteiger partial charge in [0.25, 0.3) is 5.91 Å². The maximum atomic E-state index is 13.4. The zero-order valence-electron chi connectivity index (χ0n) is 22.5. The van der Waals surface area contributed by atoms with Gasteiger partial charge in [-0.05, 0) is 58.7 Å². The van der Waals surface area contributed by atoms with Crippen molar-refractivity contribution in [2.75, 3.05) is 0 Å². The lowest BCUT2D eigenvalue weighted by molar-refractivity contribution is 0.0950. The highest BCUT2D eigenvalue weighted by molar-refractivity contribution is 6.30. The molecular formula is C32H28ClN5O3. The first-order valence-corrected chi connectivity index (χ1v) is 13.9. The van der Waals surface area contributed by atoms with E-state index in [0.29, 0.717) is 28.7 Å². The number of nitrogens with one attached hydrogen (secondary N) is 2. The first kappa shape index (κ1) is 26.5. The monoisotopic (exact) mass is 565 g/mol. The molecule has 0 fully saturated rings. The van der Waals surface area contributed by atoms with Crippen LogP contribution in [0.2, 0.25) is 5.02 Å². The molecule has 0 saturated carbocycles. The third kappa shape index (κ3) is 5.64. The Balaban J connectivity index is 1.28. The van der Waals surface area contributed by atoms with E-state index in [9.17, 15) is 4.79 Å². The summed E-state index contributed by atoms with van der Waals surface area (Å²) in [6.45, 7) is 2.69. The predicted molar refractivity (Wildman–Crippen MR) is 159 cm³/mol. The van der Waals surface area contributed by atoms with Crippen LogP contribution in [0.5, 0.6) is 5.75 Å². The van der Waals surface area contributed by atoms with Crippen LogP contribution in [-0.2, 0) is 19.6 Å². The summed E-state index contributed by atoms with van der Waals surface area (Å²) >= 11 is 6.17. The lowest BCUT2D eigenvalue weighted by Crippen LogP contribution is -2.23. The Kier molecular flexibility index (Phi) is 7.65. The van der Waals surface area contributed by atoms with E-state index < -0.39 is 0 Å². The number of ether oxygens (including phenoxy) is 1. The smallest absolute Gasteiger partial charge is 0.255 e. The number of aryl methyl sites for hydroxylation is 1. The fourth-order valence-corrected chi connectivity index (χ4v) is 5.14. The van der Waals surface area contributed by atoms with Gasteiger partial charge in [0.2, 0.25) is 5.82 Å². The van der Waals surface area contributed by atoms with Crippen molar-refractivity contribution in [3.05, 3.63) is 107 Å². The summed E-state index contributed by atoms with van der Waals surface area (Å²) in [6.07, 6.45) is 2.72. The number of hydrogen-bond donors (Lipinski definition) is 2.